The number of rotatable bonds is 2. The molecule has 134 valence electrons. The topological polar surface area (TPSA) is 79.5 Å². The second-order valence-electron chi connectivity index (χ2n) is 6.49. The van der Waals surface area contributed by atoms with Gasteiger partial charge in [-0.15, -0.1) is 0 Å². The van der Waals surface area contributed by atoms with Crippen molar-refractivity contribution in [2.75, 3.05) is 25.4 Å². The van der Waals surface area contributed by atoms with Gasteiger partial charge >= 0.3 is 0 Å². The number of benzene rings is 1. The molecule has 3 N–H and O–H groups in total. The van der Waals surface area contributed by atoms with Gasteiger partial charge in [-0.05, 0) is 53.3 Å². The molecule has 0 radical (unpaired) electrons. The van der Waals surface area contributed by atoms with Gasteiger partial charge in [0.2, 0.25) is 5.91 Å². The van der Waals surface area contributed by atoms with E-state index in [1.807, 2.05) is 18.2 Å². The molecule has 0 spiro atoms. The number of nitrogens with two attached hydrogens (primary N) is 1. The third-order valence-corrected chi connectivity index (χ3v) is 5.91. The van der Waals surface area contributed by atoms with Gasteiger partial charge in [0.25, 0.3) is 0 Å². The Hall–Kier alpha value is -2.08. The van der Waals surface area contributed by atoms with E-state index in [1.54, 1.807) is 11.1 Å². The fourth-order valence-electron chi connectivity index (χ4n) is 3.83. The van der Waals surface area contributed by atoms with Crippen LogP contribution >= 0.6 is 23.2 Å². The first-order valence-electron chi connectivity index (χ1n) is 8.33. The first kappa shape index (κ1) is 17.3. The maximum absolute atomic E-state index is 12.0. The van der Waals surface area contributed by atoms with Crippen molar-refractivity contribution >= 4 is 40.5 Å². The number of aromatic nitrogens is 1. The quantitative estimate of drug-likeness (QED) is 0.826. The van der Waals surface area contributed by atoms with E-state index in [0.717, 1.165) is 40.7 Å². The van der Waals surface area contributed by atoms with Crippen molar-refractivity contribution in [3.05, 3.63) is 51.1 Å². The van der Waals surface area contributed by atoms with E-state index in [1.165, 1.54) is 5.57 Å². The lowest BCUT2D eigenvalue weighted by atomic mass is 9.92. The van der Waals surface area contributed by atoms with Crippen molar-refractivity contribution in [3.8, 4) is 11.1 Å². The van der Waals surface area contributed by atoms with E-state index < -0.39 is 6.61 Å². The van der Waals surface area contributed by atoms with E-state index in [0.29, 0.717) is 29.0 Å². The van der Waals surface area contributed by atoms with Crippen LogP contribution in [0.3, 0.4) is 0 Å². The lowest BCUT2D eigenvalue weighted by molar-refractivity contribution is -0.133. The molecule has 4 rings (SSSR count). The highest BCUT2D eigenvalue weighted by Crippen LogP contribution is 2.48. The van der Waals surface area contributed by atoms with Gasteiger partial charge in [-0.2, -0.15) is 0 Å². The molecule has 2 aromatic rings. The zero-order valence-corrected chi connectivity index (χ0v) is 15.4. The molecule has 2 aliphatic rings. The number of fused-ring (bicyclic) bond motifs is 2. The Labute approximate surface area is 161 Å². The van der Waals surface area contributed by atoms with Crippen LogP contribution in [0, 0.1) is 0 Å². The number of pyridine rings is 1. The molecule has 1 aromatic carbocycles. The van der Waals surface area contributed by atoms with Gasteiger partial charge in [0.1, 0.15) is 12.4 Å². The van der Waals surface area contributed by atoms with Crippen molar-refractivity contribution in [2.24, 2.45) is 0 Å². The minimum absolute atomic E-state index is 0.271. The molecular formula is C19H17Cl2N3O2. The number of halogens is 2. The Morgan fingerprint density at radius 2 is 2.15 bits per heavy atom. The zero-order chi connectivity index (χ0) is 18.4. The molecule has 1 amide bonds. The summed E-state index contributed by atoms with van der Waals surface area (Å²) in [5.41, 5.74) is 12.1. The highest BCUT2D eigenvalue weighted by atomic mass is 35.5. The number of carbonyl (C=O) groups is 1. The van der Waals surface area contributed by atoms with Crippen LogP contribution < -0.4 is 5.73 Å². The van der Waals surface area contributed by atoms with E-state index in [4.69, 9.17) is 28.9 Å². The summed E-state index contributed by atoms with van der Waals surface area (Å²) < 4.78 is 0. The van der Waals surface area contributed by atoms with Gasteiger partial charge in [-0.3, -0.25) is 4.79 Å². The summed E-state index contributed by atoms with van der Waals surface area (Å²) in [6.45, 7) is 0.564. The van der Waals surface area contributed by atoms with Crippen LogP contribution in [0.5, 0.6) is 0 Å². The van der Waals surface area contributed by atoms with Gasteiger partial charge in [0.15, 0.2) is 0 Å². The summed E-state index contributed by atoms with van der Waals surface area (Å²) in [7, 11) is 0. The average molecular weight is 390 g/mol. The standard InChI is InChI=1S/C19H17Cl2N3O2/c20-15-7-12(11-2-1-4-23-19(11)22)17-13(18(15)21)6-10-3-5-24(8-14(10)17)16(26)9-25/h1-2,4,7,25H,3,5-6,8-9H2,(H2,22,23). The number of hydrogen-bond donors (Lipinski definition) is 2. The van der Waals surface area contributed by atoms with Crippen LogP contribution in [0.25, 0.3) is 16.7 Å². The largest absolute Gasteiger partial charge is 0.387 e. The summed E-state index contributed by atoms with van der Waals surface area (Å²) in [5.74, 6) is 0.147. The van der Waals surface area contributed by atoms with Gasteiger partial charge in [0.05, 0.1) is 10.0 Å². The molecule has 0 saturated heterocycles. The normalized spacial score (nSPS) is 15.9. The third-order valence-electron chi connectivity index (χ3n) is 5.08. The smallest absolute Gasteiger partial charge is 0.248 e. The van der Waals surface area contributed by atoms with Gasteiger partial charge in [0, 0.05) is 24.8 Å². The molecule has 0 bridgehead atoms. The Kier molecular flexibility index (Phi) is 4.39. The van der Waals surface area contributed by atoms with Crippen LogP contribution in [0.1, 0.15) is 17.5 Å². The second-order valence-corrected chi connectivity index (χ2v) is 7.28. The van der Waals surface area contributed by atoms with Crippen molar-refractivity contribution in [1.29, 1.82) is 0 Å². The molecule has 0 fully saturated rings. The van der Waals surface area contributed by atoms with Crippen molar-refractivity contribution in [1.82, 2.24) is 9.88 Å². The molecule has 1 aliphatic carbocycles. The van der Waals surface area contributed by atoms with Crippen LogP contribution in [0.4, 0.5) is 5.82 Å². The molecule has 0 saturated carbocycles. The molecular weight excluding hydrogens is 373 g/mol. The molecule has 2 heterocycles. The number of aliphatic hydroxyl groups is 1. The van der Waals surface area contributed by atoms with E-state index in [9.17, 15) is 9.90 Å². The molecule has 1 aliphatic heterocycles. The molecule has 5 nitrogen and oxygen atoms in total. The Balaban J connectivity index is 1.90. The first-order chi connectivity index (χ1) is 12.5. The monoisotopic (exact) mass is 389 g/mol. The Morgan fingerprint density at radius 3 is 2.88 bits per heavy atom. The van der Waals surface area contributed by atoms with Crippen molar-refractivity contribution < 1.29 is 9.90 Å². The number of nitrogens with zero attached hydrogens (tertiary/aromatic N) is 2. The van der Waals surface area contributed by atoms with E-state index >= 15 is 0 Å². The van der Waals surface area contributed by atoms with Crippen LogP contribution in [0.15, 0.2) is 30.0 Å². The van der Waals surface area contributed by atoms with E-state index in [2.05, 4.69) is 4.98 Å². The summed E-state index contributed by atoms with van der Waals surface area (Å²) in [4.78, 5) is 17.8. The molecule has 0 unspecified atom stereocenters. The predicted molar refractivity (Wildman–Crippen MR) is 103 cm³/mol. The third kappa shape index (κ3) is 2.67. The van der Waals surface area contributed by atoms with Gasteiger partial charge < -0.3 is 15.7 Å². The number of anilines is 1. The minimum Gasteiger partial charge on any atom is -0.387 e. The van der Waals surface area contributed by atoms with Crippen LogP contribution in [0.2, 0.25) is 10.0 Å². The highest BCUT2D eigenvalue weighted by Gasteiger charge is 2.33. The Bertz CT molecular complexity index is 956. The number of amides is 1. The van der Waals surface area contributed by atoms with Gasteiger partial charge in [-0.25, -0.2) is 4.98 Å². The lowest BCUT2D eigenvalue weighted by Gasteiger charge is -2.29. The maximum atomic E-state index is 12.0. The first-order valence-corrected chi connectivity index (χ1v) is 9.08. The highest BCUT2D eigenvalue weighted by molar-refractivity contribution is 6.43. The molecule has 7 heteroatoms. The number of nitrogen functional groups attached to an aromatic ring is 1. The van der Waals surface area contributed by atoms with Crippen LogP contribution in [-0.4, -0.2) is 40.6 Å². The average Bonchev–Trinajstić information content (AvgIpc) is 3.03. The Morgan fingerprint density at radius 1 is 1.35 bits per heavy atom. The lowest BCUT2D eigenvalue weighted by Crippen LogP contribution is -2.37. The zero-order valence-electron chi connectivity index (χ0n) is 13.9. The SMILES string of the molecule is Nc1ncccc1-c1cc(Cl)c(Cl)c2c1C1=C(CCN(C(=O)CO)C1)C2. The molecule has 26 heavy (non-hydrogen) atoms. The van der Waals surface area contributed by atoms with Gasteiger partial charge in [-0.1, -0.05) is 28.8 Å². The fourth-order valence-corrected chi connectivity index (χ4v) is 4.27. The summed E-state index contributed by atoms with van der Waals surface area (Å²) >= 11 is 12.9. The number of hydrogen-bond acceptors (Lipinski definition) is 4. The summed E-state index contributed by atoms with van der Waals surface area (Å²) in [6, 6.07) is 5.55. The number of carbonyl (C=O) groups excluding carboxylic acids is 1. The summed E-state index contributed by atoms with van der Waals surface area (Å²) in [6.07, 6.45) is 3.12. The van der Waals surface area contributed by atoms with E-state index in [-0.39, 0.29) is 5.91 Å². The number of aliphatic hydroxyl groups excluding tert-OH is 1. The van der Waals surface area contributed by atoms with Crippen LogP contribution in [-0.2, 0) is 11.2 Å². The van der Waals surface area contributed by atoms with Crippen molar-refractivity contribution in [2.45, 2.75) is 12.8 Å². The maximum Gasteiger partial charge on any atom is 0.248 e. The summed E-state index contributed by atoms with van der Waals surface area (Å²) in [5, 5.41) is 10.2. The molecule has 0 atom stereocenters. The fraction of sp³-hybridized carbons (Fsp3) is 0.263. The molecule has 1 aromatic heterocycles. The van der Waals surface area contributed by atoms with Crippen molar-refractivity contribution in [3.63, 3.8) is 0 Å². The second kappa shape index (κ2) is 6.58. The predicted octanol–water partition coefficient (Wildman–Crippen LogP) is 3.17. The minimum atomic E-state index is -0.487.